The second-order valence-corrected chi connectivity index (χ2v) is 8.33. The zero-order chi connectivity index (χ0) is 15.5. The Balaban J connectivity index is 1.95. The third kappa shape index (κ3) is 5.20. The third-order valence-corrected chi connectivity index (χ3v) is 4.96. The zero-order valence-electron chi connectivity index (χ0n) is 14.3. The molecule has 2 fully saturated rings. The van der Waals surface area contributed by atoms with Crippen molar-refractivity contribution in [2.45, 2.75) is 58.6 Å². The minimum Gasteiger partial charge on any atom is -0.392 e. The molecular formula is C17H34N2O2. The van der Waals surface area contributed by atoms with Gasteiger partial charge in [0.2, 0.25) is 0 Å². The van der Waals surface area contributed by atoms with Crippen molar-refractivity contribution in [2.75, 3.05) is 39.4 Å². The monoisotopic (exact) mass is 298 g/mol. The molecule has 0 aromatic heterocycles. The maximum Gasteiger partial charge on any atom is 0.0693 e. The van der Waals surface area contributed by atoms with Gasteiger partial charge in [0, 0.05) is 37.2 Å². The van der Waals surface area contributed by atoms with E-state index in [-0.39, 0.29) is 17.1 Å². The van der Waals surface area contributed by atoms with Gasteiger partial charge in [-0.1, -0.05) is 6.92 Å². The zero-order valence-corrected chi connectivity index (χ0v) is 14.3. The average molecular weight is 298 g/mol. The standard InChI is InChI=1S/C17H34N2O2/c1-14-6-8-19(10-15(14)20)12-17(7-5-9-21-13-17)11-18-16(2,3)4/h14-15,18,20H,5-13H2,1-4H3. The number of piperidine rings is 1. The summed E-state index contributed by atoms with van der Waals surface area (Å²) in [6.45, 7) is 14.5. The first-order valence-corrected chi connectivity index (χ1v) is 8.53. The quantitative estimate of drug-likeness (QED) is 0.832. The highest BCUT2D eigenvalue weighted by molar-refractivity contribution is 4.91. The predicted octanol–water partition coefficient (Wildman–Crippen LogP) is 1.87. The number of rotatable bonds is 4. The Hall–Kier alpha value is -0.160. The van der Waals surface area contributed by atoms with E-state index in [1.807, 2.05) is 0 Å². The van der Waals surface area contributed by atoms with Gasteiger partial charge >= 0.3 is 0 Å². The molecule has 0 spiro atoms. The number of β-amino-alcohol motifs (C(OH)–C–C–N with tert-alkyl or cyclic N) is 1. The maximum atomic E-state index is 10.1. The van der Waals surface area contributed by atoms with Crippen LogP contribution < -0.4 is 5.32 Å². The molecule has 4 heteroatoms. The highest BCUT2D eigenvalue weighted by Gasteiger charge is 2.37. The first-order chi connectivity index (χ1) is 9.80. The van der Waals surface area contributed by atoms with Crippen LogP contribution >= 0.6 is 0 Å². The molecular weight excluding hydrogens is 264 g/mol. The summed E-state index contributed by atoms with van der Waals surface area (Å²) in [4.78, 5) is 2.45. The van der Waals surface area contributed by atoms with Crippen LogP contribution in [0, 0.1) is 11.3 Å². The molecule has 0 bridgehead atoms. The van der Waals surface area contributed by atoms with Crippen LogP contribution in [-0.2, 0) is 4.74 Å². The molecule has 2 aliphatic rings. The summed E-state index contributed by atoms with van der Waals surface area (Å²) < 4.78 is 5.81. The highest BCUT2D eigenvalue weighted by Crippen LogP contribution is 2.31. The van der Waals surface area contributed by atoms with E-state index in [1.54, 1.807) is 0 Å². The van der Waals surface area contributed by atoms with Gasteiger partial charge in [0.25, 0.3) is 0 Å². The largest absolute Gasteiger partial charge is 0.392 e. The Bertz CT molecular complexity index is 321. The van der Waals surface area contributed by atoms with Crippen molar-refractivity contribution in [3.63, 3.8) is 0 Å². The van der Waals surface area contributed by atoms with E-state index in [0.717, 1.165) is 52.2 Å². The number of ether oxygens (including phenoxy) is 1. The van der Waals surface area contributed by atoms with E-state index >= 15 is 0 Å². The van der Waals surface area contributed by atoms with Crippen LogP contribution in [-0.4, -0.2) is 61.0 Å². The second kappa shape index (κ2) is 6.95. The first kappa shape index (κ1) is 17.2. The SMILES string of the molecule is CC1CCN(CC2(CNC(C)(C)C)CCCOC2)CC1O. The molecule has 2 rings (SSSR count). The molecule has 3 unspecified atom stereocenters. The van der Waals surface area contributed by atoms with E-state index in [4.69, 9.17) is 4.74 Å². The van der Waals surface area contributed by atoms with Gasteiger partial charge in [-0.2, -0.15) is 0 Å². The fraction of sp³-hybridized carbons (Fsp3) is 1.00. The molecule has 0 radical (unpaired) electrons. The lowest BCUT2D eigenvalue weighted by atomic mass is 9.80. The van der Waals surface area contributed by atoms with Crippen molar-refractivity contribution in [1.82, 2.24) is 10.2 Å². The van der Waals surface area contributed by atoms with Crippen LogP contribution in [0.15, 0.2) is 0 Å². The molecule has 2 heterocycles. The number of aliphatic hydroxyl groups is 1. The van der Waals surface area contributed by atoms with Crippen LogP contribution in [0.25, 0.3) is 0 Å². The lowest BCUT2D eigenvalue weighted by molar-refractivity contribution is -0.0484. The Morgan fingerprint density at radius 3 is 2.71 bits per heavy atom. The molecule has 0 aromatic carbocycles. The molecule has 0 aliphatic carbocycles. The maximum absolute atomic E-state index is 10.1. The van der Waals surface area contributed by atoms with Crippen LogP contribution in [0.3, 0.4) is 0 Å². The number of aliphatic hydroxyl groups excluding tert-OH is 1. The van der Waals surface area contributed by atoms with Crippen molar-refractivity contribution >= 4 is 0 Å². The van der Waals surface area contributed by atoms with Gasteiger partial charge in [-0.3, -0.25) is 0 Å². The van der Waals surface area contributed by atoms with E-state index < -0.39 is 0 Å². The van der Waals surface area contributed by atoms with Crippen molar-refractivity contribution in [1.29, 1.82) is 0 Å². The fourth-order valence-electron chi connectivity index (χ4n) is 3.42. The van der Waals surface area contributed by atoms with Crippen LogP contribution in [0.5, 0.6) is 0 Å². The minimum atomic E-state index is -0.170. The Morgan fingerprint density at radius 1 is 1.38 bits per heavy atom. The lowest BCUT2D eigenvalue weighted by Gasteiger charge is -2.45. The summed E-state index contributed by atoms with van der Waals surface area (Å²) in [6, 6.07) is 0. The van der Waals surface area contributed by atoms with Crippen LogP contribution in [0.1, 0.15) is 47.0 Å². The average Bonchev–Trinajstić information content (AvgIpc) is 2.41. The number of hydrogen-bond acceptors (Lipinski definition) is 4. The summed E-state index contributed by atoms with van der Waals surface area (Å²) in [5.41, 5.74) is 0.339. The molecule has 0 aromatic rings. The summed E-state index contributed by atoms with van der Waals surface area (Å²) in [5, 5.41) is 13.8. The van der Waals surface area contributed by atoms with Gasteiger partial charge in [-0.05, 0) is 52.5 Å². The van der Waals surface area contributed by atoms with E-state index in [1.165, 1.54) is 6.42 Å². The van der Waals surface area contributed by atoms with Crippen molar-refractivity contribution < 1.29 is 9.84 Å². The third-order valence-electron chi connectivity index (χ3n) is 4.96. The van der Waals surface area contributed by atoms with Gasteiger partial charge in [-0.15, -0.1) is 0 Å². The Morgan fingerprint density at radius 2 is 2.14 bits per heavy atom. The van der Waals surface area contributed by atoms with Crippen molar-refractivity contribution in [2.24, 2.45) is 11.3 Å². The van der Waals surface area contributed by atoms with Gasteiger partial charge < -0.3 is 20.1 Å². The molecule has 4 nitrogen and oxygen atoms in total. The summed E-state index contributed by atoms with van der Waals surface area (Å²) in [5.74, 6) is 0.438. The Kier molecular flexibility index (Phi) is 5.69. The van der Waals surface area contributed by atoms with Gasteiger partial charge in [0.1, 0.15) is 0 Å². The van der Waals surface area contributed by atoms with E-state index in [9.17, 15) is 5.11 Å². The van der Waals surface area contributed by atoms with Crippen LogP contribution in [0.2, 0.25) is 0 Å². The molecule has 124 valence electrons. The number of nitrogens with one attached hydrogen (secondary N) is 1. The topological polar surface area (TPSA) is 44.7 Å². The van der Waals surface area contributed by atoms with Crippen LogP contribution in [0.4, 0.5) is 0 Å². The molecule has 21 heavy (non-hydrogen) atoms. The highest BCUT2D eigenvalue weighted by atomic mass is 16.5. The second-order valence-electron chi connectivity index (χ2n) is 8.33. The minimum absolute atomic E-state index is 0.139. The Labute approximate surface area is 130 Å². The van der Waals surface area contributed by atoms with Crippen molar-refractivity contribution in [3.05, 3.63) is 0 Å². The summed E-state index contributed by atoms with van der Waals surface area (Å²) in [6.07, 6.45) is 3.30. The number of nitrogens with zero attached hydrogens (tertiary/aromatic N) is 1. The summed E-state index contributed by atoms with van der Waals surface area (Å²) >= 11 is 0. The van der Waals surface area contributed by atoms with Gasteiger partial charge in [0.05, 0.1) is 12.7 Å². The fourth-order valence-corrected chi connectivity index (χ4v) is 3.42. The smallest absolute Gasteiger partial charge is 0.0693 e. The summed E-state index contributed by atoms with van der Waals surface area (Å²) in [7, 11) is 0. The molecule has 2 aliphatic heterocycles. The molecule has 3 atom stereocenters. The number of hydrogen-bond donors (Lipinski definition) is 2. The molecule has 0 amide bonds. The molecule has 2 N–H and O–H groups in total. The lowest BCUT2D eigenvalue weighted by Crippen LogP contribution is -2.55. The molecule has 0 saturated carbocycles. The van der Waals surface area contributed by atoms with Crippen molar-refractivity contribution in [3.8, 4) is 0 Å². The molecule has 2 saturated heterocycles. The normalized spacial score (nSPS) is 35.9. The van der Waals surface area contributed by atoms with E-state index in [2.05, 4.69) is 37.9 Å². The van der Waals surface area contributed by atoms with Gasteiger partial charge in [0.15, 0.2) is 0 Å². The first-order valence-electron chi connectivity index (χ1n) is 8.53. The number of likely N-dealkylation sites (tertiary alicyclic amines) is 1. The van der Waals surface area contributed by atoms with E-state index in [0.29, 0.717) is 5.92 Å². The van der Waals surface area contributed by atoms with Gasteiger partial charge in [-0.25, -0.2) is 0 Å². The predicted molar refractivity (Wildman–Crippen MR) is 86.5 cm³/mol.